The predicted molar refractivity (Wildman–Crippen MR) is 103 cm³/mol. The Morgan fingerprint density at radius 2 is 1.44 bits per heavy atom. The molecule has 1 fully saturated rings. The summed E-state index contributed by atoms with van der Waals surface area (Å²) < 4.78 is 17.8. The molecule has 5 atom stereocenters. The van der Waals surface area contributed by atoms with Gasteiger partial charge < -0.3 is 19.3 Å². The minimum atomic E-state index is -0.585. The molecule has 1 heterocycles. The molecule has 1 rings (SSSR count). The van der Waals surface area contributed by atoms with Crippen LogP contribution in [0.5, 0.6) is 0 Å². The lowest BCUT2D eigenvalue weighted by molar-refractivity contribution is -0.196. The maximum atomic E-state index is 10.3. The SMILES string of the molecule is CCCCC(CC)CO[C@@H]1[C@@H](O)COC[C@H]1OCC(CC)CCCC. The van der Waals surface area contributed by atoms with E-state index in [4.69, 9.17) is 14.2 Å². The Balaban J connectivity index is 2.48. The standard InChI is InChI=1S/C21H42O4/c1-5-9-11-17(7-3)13-24-20-16-23-15-19(22)21(20)25-14-18(8-4)12-10-6-2/h17-22H,5-16H2,1-4H3/t17?,18?,19-,20+,21+/m0/s1. The van der Waals surface area contributed by atoms with Crippen LogP contribution in [0.25, 0.3) is 0 Å². The Morgan fingerprint density at radius 1 is 0.880 bits per heavy atom. The molecule has 0 aromatic heterocycles. The fourth-order valence-electron chi connectivity index (χ4n) is 3.41. The van der Waals surface area contributed by atoms with Gasteiger partial charge in [-0.15, -0.1) is 0 Å². The molecule has 1 saturated heterocycles. The van der Waals surface area contributed by atoms with Crippen molar-refractivity contribution in [2.75, 3.05) is 26.4 Å². The van der Waals surface area contributed by atoms with Gasteiger partial charge in [0.05, 0.1) is 26.4 Å². The van der Waals surface area contributed by atoms with Gasteiger partial charge >= 0.3 is 0 Å². The van der Waals surface area contributed by atoms with Crippen molar-refractivity contribution in [3.63, 3.8) is 0 Å². The Morgan fingerprint density at radius 3 is 1.96 bits per heavy atom. The number of aliphatic hydroxyl groups is 1. The molecule has 150 valence electrons. The average Bonchev–Trinajstić information content (AvgIpc) is 2.63. The first-order valence-electron chi connectivity index (χ1n) is 10.6. The van der Waals surface area contributed by atoms with E-state index < -0.39 is 6.10 Å². The van der Waals surface area contributed by atoms with Crippen LogP contribution in [-0.2, 0) is 14.2 Å². The van der Waals surface area contributed by atoms with Crippen molar-refractivity contribution in [1.82, 2.24) is 0 Å². The summed E-state index contributed by atoms with van der Waals surface area (Å²) in [5.74, 6) is 1.16. The van der Waals surface area contributed by atoms with E-state index in [0.717, 1.165) is 19.4 Å². The summed E-state index contributed by atoms with van der Waals surface area (Å²) >= 11 is 0. The molecule has 0 radical (unpaired) electrons. The second-order valence-electron chi connectivity index (χ2n) is 7.61. The van der Waals surface area contributed by atoms with E-state index >= 15 is 0 Å². The van der Waals surface area contributed by atoms with Crippen molar-refractivity contribution in [2.45, 2.75) is 97.4 Å². The van der Waals surface area contributed by atoms with Crippen LogP contribution in [0.15, 0.2) is 0 Å². The summed E-state index contributed by atoms with van der Waals surface area (Å²) in [6.07, 6.45) is 8.62. The number of ether oxygens (including phenoxy) is 3. The fourth-order valence-corrected chi connectivity index (χ4v) is 3.41. The maximum Gasteiger partial charge on any atom is 0.114 e. The van der Waals surface area contributed by atoms with Crippen LogP contribution in [0.3, 0.4) is 0 Å². The van der Waals surface area contributed by atoms with Crippen LogP contribution in [0.4, 0.5) is 0 Å². The van der Waals surface area contributed by atoms with Gasteiger partial charge in [-0.3, -0.25) is 0 Å². The van der Waals surface area contributed by atoms with Crippen LogP contribution in [0.2, 0.25) is 0 Å². The number of hydrogen-bond acceptors (Lipinski definition) is 4. The van der Waals surface area contributed by atoms with E-state index in [2.05, 4.69) is 27.7 Å². The highest BCUT2D eigenvalue weighted by atomic mass is 16.6. The summed E-state index contributed by atoms with van der Waals surface area (Å²) in [5, 5.41) is 10.3. The maximum absolute atomic E-state index is 10.3. The van der Waals surface area contributed by atoms with Gasteiger partial charge in [-0.25, -0.2) is 0 Å². The van der Waals surface area contributed by atoms with Gasteiger partial charge in [0.25, 0.3) is 0 Å². The van der Waals surface area contributed by atoms with E-state index in [-0.39, 0.29) is 12.2 Å². The van der Waals surface area contributed by atoms with E-state index in [1.807, 2.05) is 0 Å². The fraction of sp³-hybridized carbons (Fsp3) is 1.00. The second kappa shape index (κ2) is 14.0. The summed E-state index contributed by atoms with van der Waals surface area (Å²) in [6.45, 7) is 11.2. The first kappa shape index (κ1) is 22.9. The molecule has 0 amide bonds. The third kappa shape index (κ3) is 8.85. The summed E-state index contributed by atoms with van der Waals surface area (Å²) in [4.78, 5) is 0. The molecule has 1 aliphatic heterocycles. The Kier molecular flexibility index (Phi) is 12.8. The van der Waals surface area contributed by atoms with Crippen molar-refractivity contribution in [3.05, 3.63) is 0 Å². The molecule has 25 heavy (non-hydrogen) atoms. The largest absolute Gasteiger partial charge is 0.388 e. The van der Waals surface area contributed by atoms with Crippen molar-refractivity contribution in [2.24, 2.45) is 11.8 Å². The quantitative estimate of drug-likeness (QED) is 0.494. The molecular weight excluding hydrogens is 316 g/mol. The van der Waals surface area contributed by atoms with Crippen LogP contribution in [-0.4, -0.2) is 49.8 Å². The van der Waals surface area contributed by atoms with E-state index in [1.54, 1.807) is 0 Å². The molecule has 1 aliphatic rings. The van der Waals surface area contributed by atoms with Crippen LogP contribution in [0.1, 0.15) is 79.1 Å². The van der Waals surface area contributed by atoms with Crippen molar-refractivity contribution < 1.29 is 19.3 Å². The smallest absolute Gasteiger partial charge is 0.114 e. The second-order valence-corrected chi connectivity index (χ2v) is 7.61. The van der Waals surface area contributed by atoms with E-state index in [0.29, 0.717) is 31.7 Å². The summed E-state index contributed by atoms with van der Waals surface area (Å²) in [5.41, 5.74) is 0. The highest BCUT2D eigenvalue weighted by molar-refractivity contribution is 4.83. The molecule has 4 heteroatoms. The molecule has 0 aromatic rings. The van der Waals surface area contributed by atoms with Crippen LogP contribution in [0, 0.1) is 11.8 Å². The van der Waals surface area contributed by atoms with Crippen molar-refractivity contribution in [3.8, 4) is 0 Å². The molecule has 2 unspecified atom stereocenters. The zero-order chi connectivity index (χ0) is 18.5. The summed E-state index contributed by atoms with van der Waals surface area (Å²) in [6, 6.07) is 0. The zero-order valence-corrected chi connectivity index (χ0v) is 17.0. The first-order chi connectivity index (χ1) is 12.2. The van der Waals surface area contributed by atoms with E-state index in [9.17, 15) is 5.11 Å². The summed E-state index contributed by atoms with van der Waals surface area (Å²) in [7, 11) is 0. The molecule has 0 aromatic carbocycles. The normalized spacial score (nSPS) is 26.5. The van der Waals surface area contributed by atoms with Gasteiger partial charge in [0.15, 0.2) is 0 Å². The predicted octanol–water partition coefficient (Wildman–Crippen LogP) is 4.58. The van der Waals surface area contributed by atoms with Crippen molar-refractivity contribution in [1.29, 1.82) is 0 Å². The third-order valence-corrected chi connectivity index (χ3v) is 5.47. The first-order valence-corrected chi connectivity index (χ1v) is 10.6. The van der Waals surface area contributed by atoms with E-state index in [1.165, 1.54) is 38.5 Å². The number of aliphatic hydroxyl groups excluding tert-OH is 1. The molecule has 0 saturated carbocycles. The number of hydrogen-bond donors (Lipinski definition) is 1. The highest BCUT2D eigenvalue weighted by Gasteiger charge is 2.35. The molecule has 1 N–H and O–H groups in total. The van der Waals surface area contributed by atoms with Gasteiger partial charge in [0.1, 0.15) is 18.3 Å². The Hall–Kier alpha value is -0.160. The monoisotopic (exact) mass is 358 g/mol. The molecule has 0 bridgehead atoms. The Bertz CT molecular complexity index is 310. The lowest BCUT2D eigenvalue weighted by atomic mass is 9.99. The topological polar surface area (TPSA) is 47.9 Å². The molecule has 4 nitrogen and oxygen atoms in total. The van der Waals surface area contributed by atoms with Gasteiger partial charge in [-0.05, 0) is 24.7 Å². The Labute approximate surface area is 155 Å². The number of rotatable bonds is 14. The third-order valence-electron chi connectivity index (χ3n) is 5.47. The highest BCUT2D eigenvalue weighted by Crippen LogP contribution is 2.22. The van der Waals surface area contributed by atoms with Gasteiger partial charge in [-0.1, -0.05) is 66.2 Å². The van der Waals surface area contributed by atoms with Crippen LogP contribution >= 0.6 is 0 Å². The lowest BCUT2D eigenvalue weighted by Crippen LogP contribution is -2.51. The number of unbranched alkanes of at least 4 members (excludes halogenated alkanes) is 2. The lowest BCUT2D eigenvalue weighted by Gasteiger charge is -2.36. The molecular formula is C21H42O4. The van der Waals surface area contributed by atoms with Crippen LogP contribution < -0.4 is 0 Å². The van der Waals surface area contributed by atoms with Gasteiger partial charge in [-0.2, -0.15) is 0 Å². The minimum Gasteiger partial charge on any atom is -0.388 e. The van der Waals surface area contributed by atoms with Gasteiger partial charge in [0, 0.05) is 0 Å². The van der Waals surface area contributed by atoms with Gasteiger partial charge in [0.2, 0.25) is 0 Å². The molecule has 0 spiro atoms. The molecule has 0 aliphatic carbocycles. The van der Waals surface area contributed by atoms with Crippen molar-refractivity contribution >= 4 is 0 Å². The minimum absolute atomic E-state index is 0.150. The zero-order valence-electron chi connectivity index (χ0n) is 17.0. The average molecular weight is 359 g/mol.